The first-order valence-electron chi connectivity index (χ1n) is 1.78. The molecule has 2 nitrogen and oxygen atoms in total. The van der Waals surface area contributed by atoms with Gasteiger partial charge in [0.1, 0.15) is 0 Å². The lowest BCUT2D eigenvalue weighted by Crippen LogP contribution is -2.22. The first kappa shape index (κ1) is 5.50. The lowest BCUT2D eigenvalue weighted by Gasteiger charge is -2.08. The van der Waals surface area contributed by atoms with Gasteiger partial charge in [-0.2, -0.15) is 0 Å². The van der Waals surface area contributed by atoms with E-state index in [2.05, 4.69) is 6.58 Å². The highest BCUT2D eigenvalue weighted by Crippen LogP contribution is 1.82. The molecule has 0 fully saturated rings. The Morgan fingerprint density at radius 1 is 1.83 bits per heavy atom. The SMILES string of the molecule is C=C(C)N(C)N. The minimum Gasteiger partial charge on any atom is -0.319 e. The Balaban J connectivity index is 3.26. The first-order chi connectivity index (χ1) is 2.64. The van der Waals surface area contributed by atoms with Crippen LogP contribution in [0.1, 0.15) is 6.92 Å². The van der Waals surface area contributed by atoms with Crippen LogP contribution in [0.15, 0.2) is 12.3 Å². The van der Waals surface area contributed by atoms with Gasteiger partial charge in [0.25, 0.3) is 0 Å². The van der Waals surface area contributed by atoms with E-state index >= 15 is 0 Å². The van der Waals surface area contributed by atoms with Gasteiger partial charge >= 0.3 is 0 Å². The molecule has 0 spiro atoms. The molecule has 36 valence electrons. The Hall–Kier alpha value is -0.500. The Labute approximate surface area is 38.2 Å². The van der Waals surface area contributed by atoms with Gasteiger partial charge in [0.15, 0.2) is 0 Å². The van der Waals surface area contributed by atoms with Crippen LogP contribution in [-0.2, 0) is 0 Å². The molecular formula is C4H10N2. The van der Waals surface area contributed by atoms with Crippen LogP contribution < -0.4 is 5.84 Å². The quantitative estimate of drug-likeness (QED) is 0.368. The summed E-state index contributed by atoms with van der Waals surface area (Å²) in [6.07, 6.45) is 0. The van der Waals surface area contributed by atoms with Crippen LogP contribution in [0.25, 0.3) is 0 Å². The molecule has 0 aliphatic heterocycles. The number of hydrogen-bond acceptors (Lipinski definition) is 2. The molecule has 2 heteroatoms. The smallest absolute Gasteiger partial charge is 0.0225 e. The number of nitrogens with two attached hydrogens (primary N) is 1. The van der Waals surface area contributed by atoms with Crippen LogP contribution in [-0.4, -0.2) is 12.1 Å². The molecule has 0 atom stereocenters. The standard InChI is InChI=1S/C4H10N2/c1-4(2)6(3)5/h1,5H2,2-3H3. The normalized spacial score (nSPS) is 7.83. The van der Waals surface area contributed by atoms with Crippen molar-refractivity contribution in [3.05, 3.63) is 12.3 Å². The van der Waals surface area contributed by atoms with Crippen molar-refractivity contribution in [2.24, 2.45) is 5.84 Å². The van der Waals surface area contributed by atoms with Crippen LogP contribution >= 0.6 is 0 Å². The Bertz CT molecular complexity index is 56.6. The molecule has 2 N–H and O–H groups in total. The van der Waals surface area contributed by atoms with Gasteiger partial charge in [-0.3, -0.25) is 0 Å². The molecule has 0 aliphatic rings. The molecule has 0 aromatic rings. The Morgan fingerprint density at radius 3 is 2.00 bits per heavy atom. The number of hydrogen-bond donors (Lipinski definition) is 1. The highest BCUT2D eigenvalue weighted by Gasteiger charge is 1.79. The van der Waals surface area contributed by atoms with E-state index in [1.807, 2.05) is 6.92 Å². The van der Waals surface area contributed by atoms with Crippen LogP contribution in [0, 0.1) is 0 Å². The fourth-order valence-corrected chi connectivity index (χ4v) is 0. The van der Waals surface area contributed by atoms with Gasteiger partial charge in [0.2, 0.25) is 0 Å². The summed E-state index contributed by atoms with van der Waals surface area (Å²) in [7, 11) is 1.75. The molecule has 0 amide bonds. The topological polar surface area (TPSA) is 29.3 Å². The maximum absolute atomic E-state index is 5.17. The van der Waals surface area contributed by atoms with Crippen molar-refractivity contribution in [2.45, 2.75) is 6.92 Å². The molecule has 0 bridgehead atoms. The van der Waals surface area contributed by atoms with Crippen LogP contribution in [0.4, 0.5) is 0 Å². The molecule has 0 aromatic carbocycles. The molecule has 0 radical (unpaired) electrons. The molecule has 6 heavy (non-hydrogen) atoms. The predicted octanol–water partition coefficient (Wildman–Crippen LogP) is 0.326. The largest absolute Gasteiger partial charge is 0.319 e. The van der Waals surface area contributed by atoms with Crippen molar-refractivity contribution in [2.75, 3.05) is 7.05 Å². The minimum absolute atomic E-state index is 0.870. The van der Waals surface area contributed by atoms with Gasteiger partial charge in [-0.05, 0) is 6.92 Å². The number of rotatable bonds is 1. The monoisotopic (exact) mass is 86.1 g/mol. The van der Waals surface area contributed by atoms with Crippen molar-refractivity contribution in [3.63, 3.8) is 0 Å². The van der Waals surface area contributed by atoms with E-state index < -0.39 is 0 Å². The molecule has 0 saturated carbocycles. The third-order valence-electron chi connectivity index (χ3n) is 0.602. The molecule has 0 heterocycles. The Morgan fingerprint density at radius 2 is 2.00 bits per heavy atom. The van der Waals surface area contributed by atoms with Gasteiger partial charge < -0.3 is 5.01 Å². The second-order valence-corrected chi connectivity index (χ2v) is 1.35. The van der Waals surface area contributed by atoms with Crippen molar-refractivity contribution in [3.8, 4) is 0 Å². The summed E-state index contributed by atoms with van der Waals surface area (Å²) in [5.74, 6) is 5.17. The van der Waals surface area contributed by atoms with E-state index in [9.17, 15) is 0 Å². The fourth-order valence-electron chi connectivity index (χ4n) is 0. The van der Waals surface area contributed by atoms with Crippen molar-refractivity contribution in [1.29, 1.82) is 0 Å². The molecular weight excluding hydrogens is 76.1 g/mol. The summed E-state index contributed by atoms with van der Waals surface area (Å²) in [5, 5.41) is 1.47. The second-order valence-electron chi connectivity index (χ2n) is 1.35. The summed E-state index contributed by atoms with van der Waals surface area (Å²) in [5.41, 5.74) is 0.870. The average Bonchev–Trinajstić information content (AvgIpc) is 1.36. The van der Waals surface area contributed by atoms with E-state index in [1.54, 1.807) is 7.05 Å². The van der Waals surface area contributed by atoms with Crippen molar-refractivity contribution in [1.82, 2.24) is 5.01 Å². The maximum Gasteiger partial charge on any atom is 0.0225 e. The average molecular weight is 86.1 g/mol. The van der Waals surface area contributed by atoms with E-state index in [0.717, 1.165) is 5.70 Å². The summed E-state index contributed by atoms with van der Waals surface area (Å²) in [6, 6.07) is 0. The van der Waals surface area contributed by atoms with E-state index in [4.69, 9.17) is 5.84 Å². The molecule has 0 saturated heterocycles. The molecule has 0 unspecified atom stereocenters. The fraction of sp³-hybridized carbons (Fsp3) is 0.500. The van der Waals surface area contributed by atoms with E-state index in [0.29, 0.717) is 0 Å². The lowest BCUT2D eigenvalue weighted by atomic mass is 10.6. The molecule has 0 aliphatic carbocycles. The highest BCUT2D eigenvalue weighted by molar-refractivity contribution is 4.81. The first-order valence-corrected chi connectivity index (χ1v) is 1.78. The summed E-state index contributed by atoms with van der Waals surface area (Å²) >= 11 is 0. The molecule has 0 aromatic heterocycles. The third kappa shape index (κ3) is 1.79. The van der Waals surface area contributed by atoms with Crippen LogP contribution in [0.3, 0.4) is 0 Å². The highest BCUT2D eigenvalue weighted by atomic mass is 15.4. The summed E-state index contributed by atoms with van der Waals surface area (Å²) in [4.78, 5) is 0. The zero-order valence-corrected chi connectivity index (χ0v) is 4.23. The zero-order valence-electron chi connectivity index (χ0n) is 4.23. The molecule has 0 rings (SSSR count). The van der Waals surface area contributed by atoms with Crippen LogP contribution in [0.5, 0.6) is 0 Å². The van der Waals surface area contributed by atoms with E-state index in [-0.39, 0.29) is 0 Å². The van der Waals surface area contributed by atoms with Crippen LogP contribution in [0.2, 0.25) is 0 Å². The third-order valence-corrected chi connectivity index (χ3v) is 0.602. The number of allylic oxidation sites excluding steroid dienone is 1. The predicted molar refractivity (Wildman–Crippen MR) is 26.8 cm³/mol. The Kier molecular flexibility index (Phi) is 1.67. The van der Waals surface area contributed by atoms with Gasteiger partial charge in [0.05, 0.1) is 0 Å². The summed E-state index contributed by atoms with van der Waals surface area (Å²) in [6.45, 7) is 5.40. The van der Waals surface area contributed by atoms with Gasteiger partial charge in [-0.1, -0.05) is 6.58 Å². The lowest BCUT2D eigenvalue weighted by molar-refractivity contribution is 0.444. The van der Waals surface area contributed by atoms with Crippen molar-refractivity contribution >= 4 is 0 Å². The van der Waals surface area contributed by atoms with E-state index in [1.165, 1.54) is 5.01 Å². The second kappa shape index (κ2) is 1.82. The van der Waals surface area contributed by atoms with Gasteiger partial charge in [-0.15, -0.1) is 0 Å². The number of hydrazine groups is 1. The minimum atomic E-state index is 0.870. The number of nitrogens with zero attached hydrogens (tertiary/aromatic N) is 1. The summed E-state index contributed by atoms with van der Waals surface area (Å²) < 4.78 is 0. The zero-order chi connectivity index (χ0) is 5.15. The van der Waals surface area contributed by atoms with Gasteiger partial charge in [-0.25, -0.2) is 5.84 Å². The van der Waals surface area contributed by atoms with Crippen molar-refractivity contribution < 1.29 is 0 Å². The maximum atomic E-state index is 5.17. The van der Waals surface area contributed by atoms with Gasteiger partial charge in [0, 0.05) is 12.7 Å².